The van der Waals surface area contributed by atoms with Crippen LogP contribution in [0.5, 0.6) is 0 Å². The van der Waals surface area contributed by atoms with E-state index in [0.29, 0.717) is 11.8 Å². The molecular formula is C14H18N2. The van der Waals surface area contributed by atoms with Crippen molar-refractivity contribution in [3.05, 3.63) is 35.5 Å². The highest BCUT2D eigenvalue weighted by Crippen LogP contribution is 2.31. The molecule has 0 aliphatic carbocycles. The molecule has 16 heavy (non-hydrogen) atoms. The Hall–Kier alpha value is -1.28. The summed E-state index contributed by atoms with van der Waals surface area (Å²) in [5, 5.41) is 4.75. The summed E-state index contributed by atoms with van der Waals surface area (Å²) in [6, 6.07) is 6.65. The largest absolute Gasteiger partial charge is 0.361 e. The van der Waals surface area contributed by atoms with Crippen molar-refractivity contribution in [3.63, 3.8) is 0 Å². The molecule has 0 radical (unpaired) electrons. The summed E-state index contributed by atoms with van der Waals surface area (Å²) in [7, 11) is 0. The fourth-order valence-corrected chi connectivity index (χ4v) is 2.53. The molecule has 0 saturated carbocycles. The normalized spacial score (nSPS) is 16.9. The zero-order valence-electron chi connectivity index (χ0n) is 9.88. The minimum absolute atomic E-state index is 0.578. The van der Waals surface area contributed by atoms with E-state index in [9.17, 15) is 0 Å². The molecule has 0 unspecified atom stereocenters. The molecule has 0 atom stereocenters. The van der Waals surface area contributed by atoms with E-state index in [2.05, 4.69) is 48.5 Å². The highest BCUT2D eigenvalue weighted by Gasteiger charge is 2.22. The Kier molecular flexibility index (Phi) is 2.25. The van der Waals surface area contributed by atoms with Gasteiger partial charge in [-0.1, -0.05) is 32.0 Å². The minimum Gasteiger partial charge on any atom is -0.361 e. The first-order valence-electron chi connectivity index (χ1n) is 6.08. The number of benzene rings is 1. The molecule has 1 saturated heterocycles. The van der Waals surface area contributed by atoms with Crippen molar-refractivity contribution in [2.75, 3.05) is 13.1 Å². The van der Waals surface area contributed by atoms with Gasteiger partial charge in [0.05, 0.1) is 0 Å². The summed E-state index contributed by atoms with van der Waals surface area (Å²) in [4.78, 5) is 3.46. The summed E-state index contributed by atoms with van der Waals surface area (Å²) < 4.78 is 0. The van der Waals surface area contributed by atoms with Gasteiger partial charge >= 0.3 is 0 Å². The lowest BCUT2D eigenvalue weighted by molar-refractivity contribution is 0.451. The highest BCUT2D eigenvalue weighted by atomic mass is 14.9. The molecule has 0 amide bonds. The van der Waals surface area contributed by atoms with Gasteiger partial charge in [-0.15, -0.1) is 0 Å². The second kappa shape index (κ2) is 3.63. The maximum Gasteiger partial charge on any atom is 0.0492 e. The molecule has 2 aromatic rings. The van der Waals surface area contributed by atoms with Crippen LogP contribution in [0.25, 0.3) is 10.9 Å². The van der Waals surface area contributed by atoms with E-state index in [4.69, 9.17) is 0 Å². The molecule has 2 heterocycles. The Labute approximate surface area is 96.1 Å². The quantitative estimate of drug-likeness (QED) is 0.790. The predicted octanol–water partition coefficient (Wildman–Crippen LogP) is 2.98. The second-order valence-electron chi connectivity index (χ2n) is 5.02. The Balaban J connectivity index is 2.16. The first-order valence-corrected chi connectivity index (χ1v) is 6.08. The first-order chi connectivity index (χ1) is 7.77. The Morgan fingerprint density at radius 1 is 1.25 bits per heavy atom. The van der Waals surface area contributed by atoms with Gasteiger partial charge < -0.3 is 10.3 Å². The van der Waals surface area contributed by atoms with Crippen LogP contribution in [0.15, 0.2) is 24.4 Å². The second-order valence-corrected chi connectivity index (χ2v) is 5.02. The highest BCUT2D eigenvalue weighted by molar-refractivity contribution is 5.87. The van der Waals surface area contributed by atoms with Gasteiger partial charge in [0.15, 0.2) is 0 Å². The smallest absolute Gasteiger partial charge is 0.0492 e. The van der Waals surface area contributed by atoms with E-state index in [0.717, 1.165) is 13.1 Å². The molecule has 84 valence electrons. The SMILES string of the molecule is CC(C)c1cccc2c(C3CNC3)c[nH]c12. The maximum absolute atomic E-state index is 3.46. The van der Waals surface area contributed by atoms with Crippen molar-refractivity contribution in [1.82, 2.24) is 10.3 Å². The van der Waals surface area contributed by atoms with Crippen molar-refractivity contribution >= 4 is 10.9 Å². The lowest BCUT2D eigenvalue weighted by Gasteiger charge is -2.26. The van der Waals surface area contributed by atoms with Gasteiger partial charge in [0.1, 0.15) is 0 Å². The number of aromatic amines is 1. The Morgan fingerprint density at radius 2 is 2.06 bits per heavy atom. The van der Waals surface area contributed by atoms with E-state index >= 15 is 0 Å². The molecule has 1 aromatic carbocycles. The average Bonchev–Trinajstić information content (AvgIpc) is 2.59. The summed E-state index contributed by atoms with van der Waals surface area (Å²) >= 11 is 0. The van der Waals surface area contributed by atoms with Crippen LogP contribution >= 0.6 is 0 Å². The van der Waals surface area contributed by atoms with Crippen LogP contribution < -0.4 is 5.32 Å². The molecule has 0 spiro atoms. The van der Waals surface area contributed by atoms with Crippen molar-refractivity contribution in [2.45, 2.75) is 25.7 Å². The number of H-pyrrole nitrogens is 1. The Bertz CT molecular complexity index is 506. The molecular weight excluding hydrogens is 196 g/mol. The number of hydrogen-bond acceptors (Lipinski definition) is 1. The third-order valence-corrected chi connectivity index (χ3v) is 3.62. The van der Waals surface area contributed by atoms with Gasteiger partial charge in [0.25, 0.3) is 0 Å². The van der Waals surface area contributed by atoms with E-state index in [1.165, 1.54) is 22.0 Å². The maximum atomic E-state index is 3.46. The third kappa shape index (κ3) is 1.37. The van der Waals surface area contributed by atoms with E-state index in [1.807, 2.05) is 0 Å². The molecule has 3 rings (SSSR count). The summed E-state index contributed by atoms with van der Waals surface area (Å²) in [5.74, 6) is 1.28. The van der Waals surface area contributed by atoms with Crippen LogP contribution in [-0.2, 0) is 0 Å². The van der Waals surface area contributed by atoms with Crippen molar-refractivity contribution in [2.24, 2.45) is 0 Å². The number of fused-ring (bicyclic) bond motifs is 1. The van der Waals surface area contributed by atoms with Crippen LogP contribution in [-0.4, -0.2) is 18.1 Å². The fourth-order valence-electron chi connectivity index (χ4n) is 2.53. The number of aromatic nitrogens is 1. The van der Waals surface area contributed by atoms with Crippen LogP contribution in [0, 0.1) is 0 Å². The molecule has 1 fully saturated rings. The van der Waals surface area contributed by atoms with Gasteiger partial charge in [-0.2, -0.15) is 0 Å². The van der Waals surface area contributed by atoms with Crippen LogP contribution in [0.2, 0.25) is 0 Å². The van der Waals surface area contributed by atoms with Gasteiger partial charge in [0.2, 0.25) is 0 Å². The molecule has 1 aliphatic heterocycles. The van der Waals surface area contributed by atoms with Gasteiger partial charge in [-0.05, 0) is 17.0 Å². The van der Waals surface area contributed by atoms with Crippen molar-refractivity contribution < 1.29 is 0 Å². The molecule has 2 N–H and O–H groups in total. The fraction of sp³-hybridized carbons (Fsp3) is 0.429. The van der Waals surface area contributed by atoms with Crippen molar-refractivity contribution in [1.29, 1.82) is 0 Å². The van der Waals surface area contributed by atoms with Gasteiger partial charge in [0, 0.05) is 36.1 Å². The summed E-state index contributed by atoms with van der Waals surface area (Å²) in [5.41, 5.74) is 4.24. The van der Waals surface area contributed by atoms with Gasteiger partial charge in [-0.3, -0.25) is 0 Å². The van der Waals surface area contributed by atoms with Crippen LogP contribution in [0.3, 0.4) is 0 Å². The molecule has 2 heteroatoms. The zero-order chi connectivity index (χ0) is 11.1. The minimum atomic E-state index is 0.578. The summed E-state index contributed by atoms with van der Waals surface area (Å²) in [6.07, 6.45) is 2.20. The molecule has 0 bridgehead atoms. The lowest BCUT2D eigenvalue weighted by atomic mass is 9.92. The summed E-state index contributed by atoms with van der Waals surface area (Å²) in [6.45, 7) is 6.75. The lowest BCUT2D eigenvalue weighted by Crippen LogP contribution is -2.39. The third-order valence-electron chi connectivity index (χ3n) is 3.62. The predicted molar refractivity (Wildman–Crippen MR) is 68.0 cm³/mol. The number of nitrogens with one attached hydrogen (secondary N) is 2. The van der Waals surface area contributed by atoms with E-state index < -0.39 is 0 Å². The number of hydrogen-bond donors (Lipinski definition) is 2. The number of para-hydroxylation sites is 1. The number of rotatable bonds is 2. The molecule has 2 nitrogen and oxygen atoms in total. The van der Waals surface area contributed by atoms with Crippen molar-refractivity contribution in [3.8, 4) is 0 Å². The standard InChI is InChI=1S/C14H18N2/c1-9(2)11-4-3-5-12-13(8-16-14(11)12)10-6-15-7-10/h3-5,8-10,15-16H,6-7H2,1-2H3. The first kappa shape index (κ1) is 9.91. The molecule has 1 aromatic heterocycles. The van der Waals surface area contributed by atoms with Gasteiger partial charge in [-0.25, -0.2) is 0 Å². The zero-order valence-corrected chi connectivity index (χ0v) is 9.88. The van der Waals surface area contributed by atoms with Crippen LogP contribution in [0.1, 0.15) is 36.8 Å². The average molecular weight is 214 g/mol. The Morgan fingerprint density at radius 3 is 2.69 bits per heavy atom. The van der Waals surface area contributed by atoms with Crippen LogP contribution in [0.4, 0.5) is 0 Å². The monoisotopic (exact) mass is 214 g/mol. The molecule has 1 aliphatic rings. The topological polar surface area (TPSA) is 27.8 Å². The van der Waals surface area contributed by atoms with E-state index in [-0.39, 0.29) is 0 Å². The van der Waals surface area contributed by atoms with E-state index in [1.54, 1.807) is 0 Å².